The number of pyridine rings is 1. The van der Waals surface area contributed by atoms with Crippen LogP contribution >= 0.6 is 12.4 Å². The first-order valence-electron chi connectivity index (χ1n) is 6.45. The molecular weight excluding hydrogens is 284 g/mol. The van der Waals surface area contributed by atoms with Crippen molar-refractivity contribution >= 4 is 18.4 Å². The molecule has 1 aromatic heterocycles. The Bertz CT molecular complexity index is 450. The van der Waals surface area contributed by atoms with E-state index in [-0.39, 0.29) is 30.0 Å². The molecule has 0 atom stereocenters. The summed E-state index contributed by atoms with van der Waals surface area (Å²) in [4.78, 5) is 15.2. The number of ether oxygens (including phenoxy) is 2. The number of rotatable bonds is 5. The van der Waals surface area contributed by atoms with Crippen LogP contribution in [0.1, 0.15) is 30.1 Å². The van der Waals surface area contributed by atoms with Crippen molar-refractivity contribution < 1.29 is 19.4 Å². The van der Waals surface area contributed by atoms with Gasteiger partial charge in [0, 0.05) is 6.07 Å². The molecule has 7 heteroatoms. The predicted octanol–water partition coefficient (Wildman–Crippen LogP) is 1.73. The molecule has 112 valence electrons. The highest BCUT2D eigenvalue weighted by molar-refractivity contribution is 5.90. The molecule has 6 nitrogen and oxygen atoms in total. The van der Waals surface area contributed by atoms with Crippen molar-refractivity contribution in [2.24, 2.45) is 0 Å². The summed E-state index contributed by atoms with van der Waals surface area (Å²) in [5.74, 6) is -0.522. The lowest BCUT2D eigenvalue weighted by atomic mass is 10.1. The fourth-order valence-corrected chi connectivity index (χ4v) is 1.98. The third-order valence-corrected chi connectivity index (χ3v) is 2.92. The lowest BCUT2D eigenvalue weighted by Gasteiger charge is -2.23. The van der Waals surface area contributed by atoms with E-state index in [1.807, 2.05) is 0 Å². The van der Waals surface area contributed by atoms with E-state index in [0.717, 1.165) is 25.9 Å². The molecule has 1 aliphatic rings. The van der Waals surface area contributed by atoms with Crippen molar-refractivity contribution in [1.82, 2.24) is 10.3 Å². The monoisotopic (exact) mass is 302 g/mol. The number of aromatic carboxylic acids is 1. The van der Waals surface area contributed by atoms with Crippen molar-refractivity contribution in [1.29, 1.82) is 0 Å². The summed E-state index contributed by atoms with van der Waals surface area (Å²) in [5, 5.41) is 12.3. The molecule has 20 heavy (non-hydrogen) atoms. The van der Waals surface area contributed by atoms with E-state index in [1.54, 1.807) is 13.0 Å². The molecule has 0 radical (unpaired) electrons. The van der Waals surface area contributed by atoms with E-state index in [4.69, 9.17) is 14.6 Å². The number of hydrogen-bond acceptors (Lipinski definition) is 5. The van der Waals surface area contributed by atoms with E-state index in [0.29, 0.717) is 12.5 Å². The fourth-order valence-electron chi connectivity index (χ4n) is 1.98. The Morgan fingerprint density at radius 2 is 2.15 bits per heavy atom. The number of carboxylic acid groups (broad SMARTS) is 1. The maximum atomic E-state index is 11.0. The highest BCUT2D eigenvalue weighted by atomic mass is 35.5. The number of halogens is 1. The van der Waals surface area contributed by atoms with Gasteiger partial charge in [0.2, 0.25) is 11.8 Å². The average Bonchev–Trinajstić information content (AvgIpc) is 2.40. The number of carbonyl (C=O) groups is 1. The van der Waals surface area contributed by atoms with Gasteiger partial charge in [-0.2, -0.15) is 4.98 Å². The van der Waals surface area contributed by atoms with Gasteiger partial charge in [-0.25, -0.2) is 4.79 Å². The SMILES string of the molecule is CCOc1nc(OC2CCNCC2)ccc1C(=O)O.Cl. The van der Waals surface area contributed by atoms with Gasteiger partial charge in [-0.3, -0.25) is 0 Å². The lowest BCUT2D eigenvalue weighted by Crippen LogP contribution is -2.34. The van der Waals surface area contributed by atoms with Crippen LogP contribution in [0.15, 0.2) is 12.1 Å². The second kappa shape index (κ2) is 7.91. The molecule has 0 spiro atoms. The first-order valence-corrected chi connectivity index (χ1v) is 6.45. The maximum Gasteiger partial charge on any atom is 0.341 e. The molecule has 0 saturated carbocycles. The zero-order valence-corrected chi connectivity index (χ0v) is 12.1. The first-order chi connectivity index (χ1) is 9.20. The predicted molar refractivity (Wildman–Crippen MR) is 76.1 cm³/mol. The number of nitrogens with zero attached hydrogens (tertiary/aromatic N) is 1. The minimum absolute atomic E-state index is 0. The second-order valence-corrected chi connectivity index (χ2v) is 4.31. The quantitative estimate of drug-likeness (QED) is 0.862. The van der Waals surface area contributed by atoms with Crippen LogP contribution in [0.3, 0.4) is 0 Å². The number of nitrogens with one attached hydrogen (secondary N) is 1. The number of piperidine rings is 1. The highest BCUT2D eigenvalue weighted by Crippen LogP contribution is 2.22. The molecule has 1 fully saturated rings. The molecule has 1 saturated heterocycles. The maximum absolute atomic E-state index is 11.0. The Balaban J connectivity index is 0.00000200. The van der Waals surface area contributed by atoms with Crippen LogP contribution < -0.4 is 14.8 Å². The van der Waals surface area contributed by atoms with Crippen LogP contribution in [0.2, 0.25) is 0 Å². The molecule has 0 bridgehead atoms. The molecule has 0 aliphatic carbocycles. The van der Waals surface area contributed by atoms with Gasteiger partial charge in [0.1, 0.15) is 11.7 Å². The molecule has 2 rings (SSSR count). The van der Waals surface area contributed by atoms with Crippen LogP contribution in [-0.2, 0) is 0 Å². The van der Waals surface area contributed by atoms with E-state index < -0.39 is 5.97 Å². The zero-order chi connectivity index (χ0) is 13.7. The van der Waals surface area contributed by atoms with Crippen LogP contribution in [0.5, 0.6) is 11.8 Å². The van der Waals surface area contributed by atoms with E-state index >= 15 is 0 Å². The fraction of sp³-hybridized carbons (Fsp3) is 0.538. The smallest absolute Gasteiger partial charge is 0.341 e. The summed E-state index contributed by atoms with van der Waals surface area (Å²) < 4.78 is 11.0. The van der Waals surface area contributed by atoms with Gasteiger partial charge in [-0.1, -0.05) is 0 Å². The minimum Gasteiger partial charge on any atom is -0.477 e. The molecule has 0 unspecified atom stereocenters. The van der Waals surface area contributed by atoms with Crippen LogP contribution in [-0.4, -0.2) is 41.9 Å². The number of hydrogen-bond donors (Lipinski definition) is 2. The van der Waals surface area contributed by atoms with Crippen molar-refractivity contribution in [2.75, 3.05) is 19.7 Å². The van der Waals surface area contributed by atoms with Crippen LogP contribution in [0.25, 0.3) is 0 Å². The average molecular weight is 303 g/mol. The molecule has 1 aliphatic heterocycles. The van der Waals surface area contributed by atoms with Crippen molar-refractivity contribution in [3.05, 3.63) is 17.7 Å². The van der Waals surface area contributed by atoms with Gasteiger partial charge in [0.15, 0.2) is 0 Å². The molecular formula is C13H19ClN2O4. The summed E-state index contributed by atoms with van der Waals surface area (Å²) in [7, 11) is 0. The van der Waals surface area contributed by atoms with Crippen LogP contribution in [0.4, 0.5) is 0 Å². The summed E-state index contributed by atoms with van der Waals surface area (Å²) >= 11 is 0. The van der Waals surface area contributed by atoms with Gasteiger partial charge < -0.3 is 19.9 Å². The first kappa shape index (κ1) is 16.5. The number of aromatic nitrogens is 1. The van der Waals surface area contributed by atoms with Crippen molar-refractivity contribution in [3.8, 4) is 11.8 Å². The van der Waals surface area contributed by atoms with Gasteiger partial charge in [0.05, 0.1) is 6.61 Å². The summed E-state index contributed by atoms with van der Waals surface area (Å²) in [6.45, 7) is 4.00. The second-order valence-electron chi connectivity index (χ2n) is 4.31. The van der Waals surface area contributed by atoms with Crippen LogP contribution in [0, 0.1) is 0 Å². The molecule has 0 aromatic carbocycles. The molecule has 2 heterocycles. The zero-order valence-electron chi connectivity index (χ0n) is 11.3. The lowest BCUT2D eigenvalue weighted by molar-refractivity contribution is 0.0691. The Hall–Kier alpha value is -1.53. The van der Waals surface area contributed by atoms with E-state index in [1.165, 1.54) is 6.07 Å². The minimum atomic E-state index is -1.05. The van der Waals surface area contributed by atoms with Gasteiger partial charge >= 0.3 is 5.97 Å². The topological polar surface area (TPSA) is 80.7 Å². The van der Waals surface area contributed by atoms with E-state index in [2.05, 4.69) is 10.3 Å². The van der Waals surface area contributed by atoms with Crippen molar-refractivity contribution in [3.63, 3.8) is 0 Å². The summed E-state index contributed by atoms with van der Waals surface area (Å²) in [6.07, 6.45) is 1.97. The Morgan fingerprint density at radius 1 is 1.45 bits per heavy atom. The number of carboxylic acids is 1. The molecule has 0 amide bonds. The van der Waals surface area contributed by atoms with Crippen molar-refractivity contribution in [2.45, 2.75) is 25.9 Å². The highest BCUT2D eigenvalue weighted by Gasteiger charge is 2.18. The third-order valence-electron chi connectivity index (χ3n) is 2.92. The standard InChI is InChI=1S/C13H18N2O4.ClH/c1-2-18-12-10(13(16)17)3-4-11(15-12)19-9-5-7-14-8-6-9;/h3-4,9,14H,2,5-8H2,1H3,(H,16,17);1H. The summed E-state index contributed by atoms with van der Waals surface area (Å²) in [5.41, 5.74) is 0.0551. The Labute approximate surface area is 123 Å². The Morgan fingerprint density at radius 3 is 2.75 bits per heavy atom. The van der Waals surface area contributed by atoms with E-state index in [9.17, 15) is 4.79 Å². The van der Waals surface area contributed by atoms with Gasteiger partial charge in [0.25, 0.3) is 0 Å². The summed E-state index contributed by atoms with van der Waals surface area (Å²) in [6, 6.07) is 3.05. The van der Waals surface area contributed by atoms with Gasteiger partial charge in [-0.15, -0.1) is 12.4 Å². The third kappa shape index (κ3) is 4.25. The molecule has 1 aromatic rings. The Kier molecular flexibility index (Phi) is 6.54. The largest absolute Gasteiger partial charge is 0.477 e. The van der Waals surface area contributed by atoms with Gasteiger partial charge in [-0.05, 0) is 38.9 Å². The molecule has 2 N–H and O–H groups in total. The normalized spacial score (nSPS) is 15.2.